The summed E-state index contributed by atoms with van der Waals surface area (Å²) in [4.78, 5) is 12.6. The zero-order valence-corrected chi connectivity index (χ0v) is 15.8. The molecule has 0 aliphatic rings. The lowest BCUT2D eigenvalue weighted by Crippen LogP contribution is -2.27. The standard InChI is InChI=1S/C20H20BrN3O/c1-14(17-8-10-18(21)11-9-17)23-20(25)19-12-22-24(15(19)2)13-16-6-4-3-5-7-16/h3-12,14H,13H2,1-2H3,(H,23,25). The molecule has 0 bridgehead atoms. The first kappa shape index (κ1) is 17.4. The quantitative estimate of drug-likeness (QED) is 0.688. The van der Waals surface area contributed by atoms with Crippen LogP contribution < -0.4 is 5.32 Å². The van der Waals surface area contributed by atoms with E-state index >= 15 is 0 Å². The molecule has 128 valence electrons. The van der Waals surface area contributed by atoms with Crippen LogP contribution in [0, 0.1) is 6.92 Å². The van der Waals surface area contributed by atoms with Gasteiger partial charge in [0, 0.05) is 10.2 Å². The summed E-state index contributed by atoms with van der Waals surface area (Å²) >= 11 is 3.42. The van der Waals surface area contributed by atoms with Crippen LogP contribution >= 0.6 is 15.9 Å². The minimum absolute atomic E-state index is 0.0718. The van der Waals surface area contributed by atoms with E-state index in [1.807, 2.05) is 61.0 Å². The summed E-state index contributed by atoms with van der Waals surface area (Å²) < 4.78 is 2.88. The van der Waals surface area contributed by atoms with Crippen molar-refractivity contribution < 1.29 is 4.79 Å². The summed E-state index contributed by atoms with van der Waals surface area (Å²) in [6.07, 6.45) is 1.64. The molecule has 5 heteroatoms. The van der Waals surface area contributed by atoms with Gasteiger partial charge < -0.3 is 5.32 Å². The molecular weight excluding hydrogens is 378 g/mol. The van der Waals surface area contributed by atoms with Gasteiger partial charge in [0.05, 0.1) is 24.3 Å². The molecule has 1 aromatic heterocycles. The van der Waals surface area contributed by atoms with Gasteiger partial charge in [-0.2, -0.15) is 5.10 Å². The number of nitrogens with zero attached hydrogens (tertiary/aromatic N) is 2. The SMILES string of the molecule is Cc1c(C(=O)NC(C)c2ccc(Br)cc2)cnn1Cc1ccccc1. The van der Waals surface area contributed by atoms with E-state index in [9.17, 15) is 4.79 Å². The van der Waals surface area contributed by atoms with Crippen molar-refractivity contribution in [1.29, 1.82) is 0 Å². The lowest BCUT2D eigenvalue weighted by atomic mass is 10.1. The average Bonchev–Trinajstić information content (AvgIpc) is 2.97. The van der Waals surface area contributed by atoms with Crippen LogP contribution in [-0.4, -0.2) is 15.7 Å². The van der Waals surface area contributed by atoms with Crippen LogP contribution in [0.5, 0.6) is 0 Å². The van der Waals surface area contributed by atoms with Crippen molar-refractivity contribution in [1.82, 2.24) is 15.1 Å². The van der Waals surface area contributed by atoms with Gasteiger partial charge in [0.1, 0.15) is 0 Å². The van der Waals surface area contributed by atoms with Gasteiger partial charge in [-0.3, -0.25) is 9.48 Å². The van der Waals surface area contributed by atoms with E-state index in [2.05, 4.69) is 38.5 Å². The molecule has 0 saturated heterocycles. The monoisotopic (exact) mass is 397 g/mol. The highest BCUT2D eigenvalue weighted by Crippen LogP contribution is 2.18. The van der Waals surface area contributed by atoms with Crippen molar-refractivity contribution >= 4 is 21.8 Å². The molecule has 3 aromatic rings. The molecule has 2 aromatic carbocycles. The summed E-state index contributed by atoms with van der Waals surface area (Å²) in [5.41, 5.74) is 3.69. The van der Waals surface area contributed by atoms with Crippen molar-refractivity contribution in [2.24, 2.45) is 0 Å². The van der Waals surface area contributed by atoms with Crippen molar-refractivity contribution in [3.8, 4) is 0 Å². The third-order valence-corrected chi connectivity index (χ3v) is 4.77. The van der Waals surface area contributed by atoms with Gasteiger partial charge in [-0.15, -0.1) is 0 Å². The molecule has 0 spiro atoms. The van der Waals surface area contributed by atoms with Crippen LogP contribution in [0.3, 0.4) is 0 Å². The number of nitrogens with one attached hydrogen (secondary N) is 1. The summed E-state index contributed by atoms with van der Waals surface area (Å²) in [5, 5.41) is 7.42. The van der Waals surface area contributed by atoms with Gasteiger partial charge in [0.15, 0.2) is 0 Å². The molecule has 3 rings (SSSR count). The maximum Gasteiger partial charge on any atom is 0.255 e. The van der Waals surface area contributed by atoms with E-state index in [-0.39, 0.29) is 11.9 Å². The normalized spacial score (nSPS) is 12.0. The van der Waals surface area contributed by atoms with Gasteiger partial charge in [-0.05, 0) is 37.1 Å². The lowest BCUT2D eigenvalue weighted by molar-refractivity contribution is 0.0939. The van der Waals surface area contributed by atoms with Crippen molar-refractivity contribution in [3.05, 3.63) is 87.7 Å². The Morgan fingerprint density at radius 1 is 1.16 bits per heavy atom. The predicted molar refractivity (Wildman–Crippen MR) is 103 cm³/mol. The van der Waals surface area contributed by atoms with Gasteiger partial charge in [-0.1, -0.05) is 58.4 Å². The fourth-order valence-electron chi connectivity index (χ4n) is 2.69. The van der Waals surface area contributed by atoms with Crippen LogP contribution in [0.4, 0.5) is 0 Å². The molecular formula is C20H20BrN3O. The van der Waals surface area contributed by atoms with Crippen LogP contribution in [-0.2, 0) is 6.54 Å². The number of carbonyl (C=O) groups excluding carboxylic acids is 1. The number of hydrogen-bond acceptors (Lipinski definition) is 2. The Hall–Kier alpha value is -2.40. The number of aromatic nitrogens is 2. The van der Waals surface area contributed by atoms with Crippen LogP contribution in [0.1, 0.15) is 40.1 Å². The first-order valence-corrected chi connectivity index (χ1v) is 8.96. The summed E-state index contributed by atoms with van der Waals surface area (Å²) in [6.45, 7) is 4.56. The molecule has 0 fully saturated rings. The molecule has 4 nitrogen and oxygen atoms in total. The first-order valence-electron chi connectivity index (χ1n) is 8.17. The molecule has 0 saturated carbocycles. The second-order valence-corrected chi connectivity index (χ2v) is 6.95. The molecule has 1 heterocycles. The molecule has 25 heavy (non-hydrogen) atoms. The molecule has 1 unspecified atom stereocenters. The zero-order valence-electron chi connectivity index (χ0n) is 14.2. The van der Waals surface area contributed by atoms with Crippen LogP contribution in [0.25, 0.3) is 0 Å². The molecule has 1 atom stereocenters. The largest absolute Gasteiger partial charge is 0.345 e. The van der Waals surface area contributed by atoms with Crippen molar-refractivity contribution in [2.75, 3.05) is 0 Å². The fourth-order valence-corrected chi connectivity index (χ4v) is 2.96. The van der Waals surface area contributed by atoms with E-state index in [1.165, 1.54) is 0 Å². The molecule has 0 aliphatic heterocycles. The highest BCUT2D eigenvalue weighted by atomic mass is 79.9. The number of hydrogen-bond donors (Lipinski definition) is 1. The second-order valence-electron chi connectivity index (χ2n) is 6.03. The Bertz CT molecular complexity index is 856. The highest BCUT2D eigenvalue weighted by molar-refractivity contribution is 9.10. The fraction of sp³-hybridized carbons (Fsp3) is 0.200. The summed E-state index contributed by atoms with van der Waals surface area (Å²) in [7, 11) is 0. The highest BCUT2D eigenvalue weighted by Gasteiger charge is 2.17. The van der Waals surface area contributed by atoms with Gasteiger partial charge in [0.2, 0.25) is 0 Å². The predicted octanol–water partition coefficient (Wildman–Crippen LogP) is 4.49. The number of amides is 1. The number of halogens is 1. The third-order valence-electron chi connectivity index (χ3n) is 4.24. The maximum atomic E-state index is 12.6. The number of rotatable bonds is 5. The van der Waals surface area contributed by atoms with E-state index in [4.69, 9.17) is 0 Å². The first-order chi connectivity index (χ1) is 12.0. The Morgan fingerprint density at radius 3 is 2.52 bits per heavy atom. The van der Waals surface area contributed by atoms with Gasteiger partial charge in [0.25, 0.3) is 5.91 Å². The minimum Gasteiger partial charge on any atom is -0.345 e. The topological polar surface area (TPSA) is 46.9 Å². The van der Waals surface area contributed by atoms with Crippen LogP contribution in [0.2, 0.25) is 0 Å². The van der Waals surface area contributed by atoms with E-state index in [1.54, 1.807) is 6.20 Å². The van der Waals surface area contributed by atoms with Gasteiger partial charge >= 0.3 is 0 Å². The Balaban J connectivity index is 1.71. The average molecular weight is 398 g/mol. The molecule has 1 amide bonds. The minimum atomic E-state index is -0.104. The molecule has 0 radical (unpaired) electrons. The van der Waals surface area contributed by atoms with E-state index in [0.717, 1.165) is 21.3 Å². The van der Waals surface area contributed by atoms with Crippen LogP contribution in [0.15, 0.2) is 65.3 Å². The summed E-state index contributed by atoms with van der Waals surface area (Å²) in [6, 6.07) is 18.0. The third kappa shape index (κ3) is 4.17. The summed E-state index contributed by atoms with van der Waals surface area (Å²) in [5.74, 6) is -0.104. The Labute approximate surface area is 156 Å². The Kier molecular flexibility index (Phi) is 5.34. The number of benzene rings is 2. The smallest absolute Gasteiger partial charge is 0.255 e. The van der Waals surface area contributed by atoms with E-state index in [0.29, 0.717) is 12.1 Å². The number of carbonyl (C=O) groups is 1. The van der Waals surface area contributed by atoms with Gasteiger partial charge in [-0.25, -0.2) is 0 Å². The Morgan fingerprint density at radius 2 is 1.84 bits per heavy atom. The zero-order chi connectivity index (χ0) is 17.8. The molecule has 1 N–H and O–H groups in total. The van der Waals surface area contributed by atoms with Crippen molar-refractivity contribution in [2.45, 2.75) is 26.4 Å². The maximum absolute atomic E-state index is 12.6. The van der Waals surface area contributed by atoms with Crippen molar-refractivity contribution in [3.63, 3.8) is 0 Å². The second kappa shape index (κ2) is 7.66. The van der Waals surface area contributed by atoms with E-state index < -0.39 is 0 Å². The molecule has 0 aliphatic carbocycles. The lowest BCUT2D eigenvalue weighted by Gasteiger charge is -2.14.